The lowest BCUT2D eigenvalue weighted by Gasteiger charge is -2.38. The molecule has 3 amide bonds. The Morgan fingerprint density at radius 3 is 2.44 bits per heavy atom. The summed E-state index contributed by atoms with van der Waals surface area (Å²) in [5, 5.41) is 0. The van der Waals surface area contributed by atoms with Gasteiger partial charge in [0.25, 0.3) is 5.91 Å². The van der Waals surface area contributed by atoms with Crippen molar-refractivity contribution in [1.82, 2.24) is 14.7 Å². The maximum Gasteiger partial charge on any atom is 0.289 e. The van der Waals surface area contributed by atoms with E-state index in [4.69, 9.17) is 9.15 Å². The van der Waals surface area contributed by atoms with E-state index in [0.29, 0.717) is 50.7 Å². The average molecular weight is 530 g/mol. The van der Waals surface area contributed by atoms with E-state index in [0.717, 1.165) is 23.1 Å². The third-order valence-corrected chi connectivity index (χ3v) is 7.59. The quantitative estimate of drug-likeness (QED) is 0.474. The van der Waals surface area contributed by atoms with Crippen molar-refractivity contribution in [1.29, 1.82) is 0 Å². The van der Waals surface area contributed by atoms with Crippen molar-refractivity contribution in [3.8, 4) is 5.75 Å². The van der Waals surface area contributed by atoms with E-state index in [1.54, 1.807) is 28.9 Å². The Balaban J connectivity index is 1.30. The number of rotatable bonds is 6. The van der Waals surface area contributed by atoms with Gasteiger partial charge >= 0.3 is 0 Å². The lowest BCUT2D eigenvalue weighted by Crippen LogP contribution is -2.50. The molecule has 1 unspecified atom stereocenters. The molecule has 1 saturated heterocycles. The van der Waals surface area contributed by atoms with Crippen LogP contribution in [0.15, 0.2) is 59.0 Å². The molecule has 0 N–H and O–H groups in total. The molecule has 0 aliphatic carbocycles. The van der Waals surface area contributed by atoms with Gasteiger partial charge in [-0.3, -0.25) is 14.4 Å². The van der Waals surface area contributed by atoms with Crippen LogP contribution in [0.4, 0.5) is 0 Å². The molecule has 2 aliphatic heterocycles. The van der Waals surface area contributed by atoms with Crippen molar-refractivity contribution in [3.05, 3.63) is 88.4 Å². The van der Waals surface area contributed by atoms with Gasteiger partial charge in [0.2, 0.25) is 11.8 Å². The third kappa shape index (κ3) is 5.70. The first-order chi connectivity index (χ1) is 18.8. The maximum atomic E-state index is 12.9. The summed E-state index contributed by atoms with van der Waals surface area (Å²) < 4.78 is 11.9. The highest BCUT2D eigenvalue weighted by molar-refractivity contribution is 5.91. The molecular weight excluding hydrogens is 494 g/mol. The molecule has 3 aromatic rings. The SMILES string of the molecule is CCC(=O)N1CCc2ccc(OCc3ccc(C(=O)N4CCN(C(C)=O)CC4)o3)cc2C1c1cccc(C)c1. The number of ether oxygens (including phenoxy) is 1. The van der Waals surface area contributed by atoms with Crippen molar-refractivity contribution in [2.75, 3.05) is 32.7 Å². The molecule has 0 saturated carbocycles. The normalized spacial score (nSPS) is 17.1. The van der Waals surface area contributed by atoms with Gasteiger partial charge in [0.15, 0.2) is 5.76 Å². The van der Waals surface area contributed by atoms with Crippen LogP contribution in [0.1, 0.15) is 64.9 Å². The fraction of sp³-hybridized carbons (Fsp3) is 0.387. The number of furan rings is 1. The summed E-state index contributed by atoms with van der Waals surface area (Å²) in [6.07, 6.45) is 1.26. The number of fused-ring (bicyclic) bond motifs is 1. The summed E-state index contributed by atoms with van der Waals surface area (Å²) in [5.74, 6) is 1.48. The smallest absolute Gasteiger partial charge is 0.289 e. The molecule has 39 heavy (non-hydrogen) atoms. The van der Waals surface area contributed by atoms with Crippen molar-refractivity contribution >= 4 is 17.7 Å². The zero-order valence-corrected chi connectivity index (χ0v) is 22.8. The van der Waals surface area contributed by atoms with Gasteiger partial charge < -0.3 is 23.9 Å². The molecule has 2 aliphatic rings. The molecule has 1 atom stereocenters. The number of aryl methyl sites for hydroxylation is 1. The molecule has 3 heterocycles. The van der Waals surface area contributed by atoms with Crippen LogP contribution in [0.3, 0.4) is 0 Å². The second kappa shape index (κ2) is 11.4. The van der Waals surface area contributed by atoms with Crippen molar-refractivity contribution < 1.29 is 23.5 Å². The number of hydrogen-bond donors (Lipinski definition) is 0. The number of carbonyl (C=O) groups excluding carboxylic acids is 3. The minimum atomic E-state index is -0.181. The summed E-state index contributed by atoms with van der Waals surface area (Å²) in [7, 11) is 0. The van der Waals surface area contributed by atoms with Gasteiger partial charge in [-0.2, -0.15) is 0 Å². The van der Waals surface area contributed by atoms with Crippen molar-refractivity contribution in [2.45, 2.75) is 46.3 Å². The van der Waals surface area contributed by atoms with E-state index in [1.165, 1.54) is 5.56 Å². The minimum absolute atomic E-state index is 0.0246. The van der Waals surface area contributed by atoms with Gasteiger partial charge in [-0.1, -0.05) is 42.8 Å². The Morgan fingerprint density at radius 1 is 0.949 bits per heavy atom. The van der Waals surface area contributed by atoms with Crippen LogP contribution in [0.5, 0.6) is 5.75 Å². The van der Waals surface area contributed by atoms with Gasteiger partial charge in [-0.25, -0.2) is 0 Å². The average Bonchev–Trinajstić information content (AvgIpc) is 3.43. The van der Waals surface area contributed by atoms with E-state index in [1.807, 2.05) is 30.0 Å². The molecule has 8 nitrogen and oxygen atoms in total. The fourth-order valence-corrected chi connectivity index (χ4v) is 5.46. The van der Waals surface area contributed by atoms with E-state index in [9.17, 15) is 14.4 Å². The van der Waals surface area contributed by atoms with Crippen LogP contribution in [0, 0.1) is 6.92 Å². The zero-order valence-electron chi connectivity index (χ0n) is 22.8. The van der Waals surface area contributed by atoms with Crippen LogP contribution in [-0.4, -0.2) is 65.1 Å². The van der Waals surface area contributed by atoms with Crippen LogP contribution < -0.4 is 4.74 Å². The first kappa shape index (κ1) is 26.5. The van der Waals surface area contributed by atoms with Gasteiger partial charge in [0, 0.05) is 46.1 Å². The van der Waals surface area contributed by atoms with Crippen LogP contribution in [0.25, 0.3) is 0 Å². The fourth-order valence-electron chi connectivity index (χ4n) is 5.46. The summed E-state index contributed by atoms with van der Waals surface area (Å²) in [5.41, 5.74) is 4.53. The van der Waals surface area contributed by atoms with Crippen molar-refractivity contribution in [2.24, 2.45) is 0 Å². The number of benzene rings is 2. The Bertz CT molecular complexity index is 1370. The van der Waals surface area contributed by atoms with Gasteiger partial charge in [0.1, 0.15) is 18.1 Å². The highest BCUT2D eigenvalue weighted by Gasteiger charge is 2.32. The Hall–Kier alpha value is -4.07. The Morgan fingerprint density at radius 2 is 1.72 bits per heavy atom. The highest BCUT2D eigenvalue weighted by Crippen LogP contribution is 2.38. The molecule has 0 radical (unpaired) electrons. The predicted octanol–water partition coefficient (Wildman–Crippen LogP) is 4.36. The lowest BCUT2D eigenvalue weighted by atomic mass is 9.87. The zero-order chi connectivity index (χ0) is 27.5. The summed E-state index contributed by atoms with van der Waals surface area (Å²) in [6, 6.07) is 17.7. The number of piperazine rings is 1. The van der Waals surface area contributed by atoms with Gasteiger partial charge in [-0.15, -0.1) is 0 Å². The largest absolute Gasteiger partial charge is 0.486 e. The maximum absolute atomic E-state index is 12.9. The predicted molar refractivity (Wildman–Crippen MR) is 146 cm³/mol. The first-order valence-electron chi connectivity index (χ1n) is 13.6. The topological polar surface area (TPSA) is 83.3 Å². The Kier molecular flexibility index (Phi) is 7.72. The number of nitrogens with zero attached hydrogens (tertiary/aromatic N) is 3. The number of hydrogen-bond acceptors (Lipinski definition) is 5. The van der Waals surface area contributed by atoms with E-state index in [2.05, 4.69) is 31.2 Å². The number of carbonyl (C=O) groups is 3. The number of amides is 3. The van der Waals surface area contributed by atoms with Crippen LogP contribution in [0.2, 0.25) is 0 Å². The molecule has 1 fully saturated rings. The lowest BCUT2D eigenvalue weighted by molar-refractivity contribution is -0.133. The first-order valence-corrected chi connectivity index (χ1v) is 13.6. The third-order valence-electron chi connectivity index (χ3n) is 7.59. The molecule has 8 heteroatoms. The second-order valence-corrected chi connectivity index (χ2v) is 10.2. The van der Waals surface area contributed by atoms with Gasteiger partial charge in [0.05, 0.1) is 6.04 Å². The molecule has 0 spiro atoms. The highest BCUT2D eigenvalue weighted by atomic mass is 16.5. The van der Waals surface area contributed by atoms with E-state index < -0.39 is 0 Å². The second-order valence-electron chi connectivity index (χ2n) is 10.2. The molecule has 0 bridgehead atoms. The molecule has 2 aromatic carbocycles. The molecule has 1 aromatic heterocycles. The summed E-state index contributed by atoms with van der Waals surface area (Å²) in [4.78, 5) is 42.8. The van der Waals surface area contributed by atoms with Crippen molar-refractivity contribution in [3.63, 3.8) is 0 Å². The summed E-state index contributed by atoms with van der Waals surface area (Å²) >= 11 is 0. The standard InChI is InChI=1S/C31H35N3O5/c1-4-29(36)34-13-12-23-8-9-25(19-27(23)30(34)24-7-5-6-21(2)18-24)38-20-26-10-11-28(39-26)31(37)33-16-14-32(15-17-33)22(3)35/h5-11,18-19,30H,4,12-17,20H2,1-3H3. The Labute approximate surface area is 229 Å². The molecule has 204 valence electrons. The monoisotopic (exact) mass is 529 g/mol. The molecule has 5 rings (SSSR count). The molecular formula is C31H35N3O5. The van der Waals surface area contributed by atoms with E-state index >= 15 is 0 Å². The van der Waals surface area contributed by atoms with Crippen LogP contribution >= 0.6 is 0 Å². The summed E-state index contributed by atoms with van der Waals surface area (Å²) in [6.45, 7) is 8.40. The van der Waals surface area contributed by atoms with E-state index in [-0.39, 0.29) is 36.1 Å². The minimum Gasteiger partial charge on any atom is -0.486 e. The van der Waals surface area contributed by atoms with Gasteiger partial charge in [-0.05, 0) is 54.3 Å². The van der Waals surface area contributed by atoms with Crippen LogP contribution in [-0.2, 0) is 22.6 Å².